The highest BCUT2D eigenvalue weighted by Crippen LogP contribution is 2.30. The Hall–Kier alpha value is -2.29. The Balaban J connectivity index is 2.42. The van der Waals surface area contributed by atoms with Gasteiger partial charge in [-0.2, -0.15) is 5.10 Å². The molecule has 0 N–H and O–H groups in total. The number of halogens is 1. The van der Waals surface area contributed by atoms with Gasteiger partial charge < -0.3 is 5.11 Å². The average Bonchev–Trinajstić information content (AvgIpc) is 2.82. The van der Waals surface area contributed by atoms with Crippen molar-refractivity contribution in [2.75, 3.05) is 0 Å². The molecular formula is C9H5BrN5O3-. The van der Waals surface area contributed by atoms with Crippen molar-refractivity contribution in [3.63, 3.8) is 0 Å². The van der Waals surface area contributed by atoms with Crippen molar-refractivity contribution in [1.29, 1.82) is 0 Å². The van der Waals surface area contributed by atoms with Gasteiger partial charge in [-0.15, -0.1) is 10.2 Å². The summed E-state index contributed by atoms with van der Waals surface area (Å²) in [5.74, 6) is -0.694. The molecule has 9 heteroatoms. The summed E-state index contributed by atoms with van der Waals surface area (Å²) < 4.78 is 1.70. The monoisotopic (exact) mass is 310 g/mol. The molecule has 1 heterocycles. The summed E-state index contributed by atoms with van der Waals surface area (Å²) in [4.78, 5) is 9.94. The van der Waals surface area contributed by atoms with Crippen molar-refractivity contribution in [2.24, 2.45) is 5.10 Å². The van der Waals surface area contributed by atoms with E-state index in [9.17, 15) is 15.2 Å². The molecule has 0 unspecified atom stereocenters. The lowest BCUT2D eigenvalue weighted by atomic mass is 10.2. The first-order valence-corrected chi connectivity index (χ1v) is 5.41. The van der Waals surface area contributed by atoms with Gasteiger partial charge in [0, 0.05) is 10.5 Å². The number of aromatic nitrogens is 3. The molecule has 18 heavy (non-hydrogen) atoms. The van der Waals surface area contributed by atoms with E-state index < -0.39 is 16.4 Å². The molecule has 0 aliphatic carbocycles. The van der Waals surface area contributed by atoms with Gasteiger partial charge in [0.15, 0.2) is 0 Å². The van der Waals surface area contributed by atoms with Crippen molar-refractivity contribution in [2.45, 2.75) is 0 Å². The third-order valence-electron chi connectivity index (χ3n) is 2.00. The Kier molecular flexibility index (Phi) is 3.33. The summed E-state index contributed by atoms with van der Waals surface area (Å²) in [6, 6.07) is 2.60. The Morgan fingerprint density at radius 2 is 2.06 bits per heavy atom. The van der Waals surface area contributed by atoms with Crippen LogP contribution in [-0.4, -0.2) is 26.0 Å². The van der Waals surface area contributed by atoms with Gasteiger partial charge in [-0.3, -0.25) is 10.1 Å². The maximum Gasteiger partial charge on any atom is 0.263 e. The minimum absolute atomic E-state index is 0.102. The molecule has 0 spiro atoms. The van der Waals surface area contributed by atoms with Crippen LogP contribution in [0.25, 0.3) is 0 Å². The first-order chi connectivity index (χ1) is 8.58. The summed E-state index contributed by atoms with van der Waals surface area (Å²) in [5.41, 5.74) is -0.403. The third-order valence-corrected chi connectivity index (χ3v) is 2.45. The fourth-order valence-electron chi connectivity index (χ4n) is 1.22. The zero-order valence-corrected chi connectivity index (χ0v) is 10.3. The van der Waals surface area contributed by atoms with E-state index in [2.05, 4.69) is 31.2 Å². The van der Waals surface area contributed by atoms with E-state index >= 15 is 0 Å². The lowest BCUT2D eigenvalue weighted by Crippen LogP contribution is -2.02. The second kappa shape index (κ2) is 4.92. The van der Waals surface area contributed by atoms with E-state index in [1.54, 1.807) is 0 Å². The first kappa shape index (κ1) is 12.2. The van der Waals surface area contributed by atoms with Crippen molar-refractivity contribution >= 4 is 27.8 Å². The molecule has 0 atom stereocenters. The minimum atomic E-state index is -0.733. The molecule has 92 valence electrons. The molecule has 0 radical (unpaired) electrons. The lowest BCUT2D eigenvalue weighted by Gasteiger charge is -2.10. The number of nitro benzene ring substituents is 1. The average molecular weight is 311 g/mol. The van der Waals surface area contributed by atoms with E-state index in [4.69, 9.17) is 0 Å². The highest BCUT2D eigenvalue weighted by molar-refractivity contribution is 9.10. The van der Waals surface area contributed by atoms with Gasteiger partial charge in [0.1, 0.15) is 12.7 Å². The van der Waals surface area contributed by atoms with E-state index in [0.29, 0.717) is 4.47 Å². The van der Waals surface area contributed by atoms with E-state index in [0.717, 1.165) is 6.07 Å². The molecule has 2 rings (SSSR count). The van der Waals surface area contributed by atoms with Crippen LogP contribution >= 0.6 is 15.9 Å². The highest BCUT2D eigenvalue weighted by atomic mass is 79.9. The summed E-state index contributed by atoms with van der Waals surface area (Å²) in [5, 5.41) is 33.3. The maximum atomic E-state index is 11.7. The van der Waals surface area contributed by atoms with Crippen LogP contribution in [0.1, 0.15) is 5.56 Å². The fraction of sp³-hybridized carbons (Fsp3) is 0. The van der Waals surface area contributed by atoms with Gasteiger partial charge in [-0.05, 0) is 17.4 Å². The van der Waals surface area contributed by atoms with Crippen LogP contribution in [0.4, 0.5) is 5.69 Å². The molecule has 8 nitrogen and oxygen atoms in total. The molecule has 1 aromatic carbocycles. The van der Waals surface area contributed by atoms with Gasteiger partial charge in [-0.1, -0.05) is 15.9 Å². The van der Waals surface area contributed by atoms with Crippen LogP contribution in [0.15, 0.2) is 34.4 Å². The second-order valence-electron chi connectivity index (χ2n) is 3.19. The quantitative estimate of drug-likeness (QED) is 0.475. The van der Waals surface area contributed by atoms with Crippen LogP contribution < -0.4 is 5.11 Å². The summed E-state index contributed by atoms with van der Waals surface area (Å²) in [6.45, 7) is 0. The number of hydrogen-bond acceptors (Lipinski definition) is 6. The van der Waals surface area contributed by atoms with Gasteiger partial charge in [-0.25, -0.2) is 4.68 Å². The Morgan fingerprint density at radius 1 is 1.39 bits per heavy atom. The van der Waals surface area contributed by atoms with Crippen LogP contribution in [0.2, 0.25) is 0 Å². The maximum absolute atomic E-state index is 11.7. The van der Waals surface area contributed by atoms with Gasteiger partial charge in [0.25, 0.3) is 5.69 Å². The van der Waals surface area contributed by atoms with Crippen LogP contribution in [0.5, 0.6) is 5.75 Å². The van der Waals surface area contributed by atoms with Crippen molar-refractivity contribution in [1.82, 2.24) is 14.9 Å². The Bertz CT molecular complexity index is 611. The van der Waals surface area contributed by atoms with Crippen molar-refractivity contribution in [3.05, 3.63) is 44.9 Å². The second-order valence-corrected chi connectivity index (χ2v) is 4.10. The fourth-order valence-corrected chi connectivity index (χ4v) is 1.68. The SMILES string of the molecule is O=[N+]([O-])c1cc(Br)cc(/C=N\n2cnnc2)c1[O-]. The minimum Gasteiger partial charge on any atom is -0.867 e. The smallest absolute Gasteiger partial charge is 0.263 e. The molecular weight excluding hydrogens is 306 g/mol. The van der Waals surface area contributed by atoms with Crippen LogP contribution in [0, 0.1) is 10.1 Å². The Labute approximate surface area is 109 Å². The molecule has 0 fully saturated rings. The van der Waals surface area contributed by atoms with Gasteiger partial charge >= 0.3 is 0 Å². The molecule has 0 amide bonds. The van der Waals surface area contributed by atoms with Crippen molar-refractivity contribution < 1.29 is 10.0 Å². The summed E-state index contributed by atoms with van der Waals surface area (Å²) in [6.07, 6.45) is 3.87. The molecule has 0 saturated carbocycles. The molecule has 0 aliphatic rings. The number of nitrogens with zero attached hydrogens (tertiary/aromatic N) is 5. The first-order valence-electron chi connectivity index (χ1n) is 4.62. The zero-order chi connectivity index (χ0) is 13.1. The predicted molar refractivity (Wildman–Crippen MR) is 63.3 cm³/mol. The van der Waals surface area contributed by atoms with Crippen LogP contribution in [-0.2, 0) is 0 Å². The number of rotatable bonds is 3. The molecule has 0 aliphatic heterocycles. The topological polar surface area (TPSA) is 109 Å². The standard InChI is InChI=1S/C9H6BrN5O3/c10-7-1-6(3-13-14-4-11-12-5-14)9(16)8(2-7)15(17)18/h1-5,16H/p-1/b13-3-. The van der Waals surface area contributed by atoms with E-state index in [1.165, 1.54) is 29.6 Å². The number of hydrogen-bond donors (Lipinski definition) is 0. The van der Waals surface area contributed by atoms with E-state index in [-0.39, 0.29) is 5.56 Å². The molecule has 0 bridgehead atoms. The summed E-state index contributed by atoms with van der Waals surface area (Å²) >= 11 is 3.10. The number of benzene rings is 1. The zero-order valence-electron chi connectivity index (χ0n) is 8.73. The number of nitro groups is 1. The van der Waals surface area contributed by atoms with Crippen molar-refractivity contribution in [3.8, 4) is 5.75 Å². The summed E-state index contributed by atoms with van der Waals surface area (Å²) in [7, 11) is 0. The van der Waals surface area contributed by atoms with E-state index in [1.807, 2.05) is 0 Å². The molecule has 2 aromatic rings. The Morgan fingerprint density at radius 3 is 2.67 bits per heavy atom. The largest absolute Gasteiger partial charge is 0.867 e. The van der Waals surface area contributed by atoms with Gasteiger partial charge in [0.05, 0.1) is 11.1 Å². The highest BCUT2D eigenvalue weighted by Gasteiger charge is 2.10. The van der Waals surface area contributed by atoms with Gasteiger partial charge in [0.2, 0.25) is 0 Å². The third kappa shape index (κ3) is 2.51. The normalized spacial score (nSPS) is 10.9. The van der Waals surface area contributed by atoms with Crippen LogP contribution in [0.3, 0.4) is 0 Å². The molecule has 0 saturated heterocycles. The predicted octanol–water partition coefficient (Wildman–Crippen LogP) is 0.905. The molecule has 1 aromatic heterocycles. The lowest BCUT2D eigenvalue weighted by molar-refractivity contribution is -0.398.